The maximum absolute atomic E-state index is 12.0. The number of carbonyl (C=O) groups excluding carboxylic acids is 1. The Balaban J connectivity index is 1.46. The highest BCUT2D eigenvalue weighted by Gasteiger charge is 2.18. The summed E-state index contributed by atoms with van der Waals surface area (Å²) < 4.78 is 5.65. The van der Waals surface area contributed by atoms with Crippen LogP contribution in [-0.2, 0) is 16.0 Å². The monoisotopic (exact) mass is 312 g/mol. The van der Waals surface area contributed by atoms with Crippen LogP contribution in [-0.4, -0.2) is 50.2 Å². The van der Waals surface area contributed by atoms with Crippen molar-refractivity contribution in [1.29, 1.82) is 0 Å². The van der Waals surface area contributed by atoms with Gasteiger partial charge in [0, 0.05) is 26.1 Å². The van der Waals surface area contributed by atoms with Crippen molar-refractivity contribution in [1.82, 2.24) is 10.2 Å². The fourth-order valence-corrected chi connectivity index (χ4v) is 2.96. The lowest BCUT2D eigenvalue weighted by Crippen LogP contribution is -2.45. The number of nitrogens with zero attached hydrogens (tertiary/aromatic N) is 1. The molecule has 0 radical (unpaired) electrons. The maximum atomic E-state index is 12.0. The summed E-state index contributed by atoms with van der Waals surface area (Å²) in [7, 11) is 2.08. The average Bonchev–Trinajstić information content (AvgIpc) is 2.58. The van der Waals surface area contributed by atoms with Crippen LogP contribution in [0.1, 0.15) is 12.0 Å². The zero-order chi connectivity index (χ0) is 16.1. The smallest absolute Gasteiger partial charge is 0.220 e. The van der Waals surface area contributed by atoms with Gasteiger partial charge >= 0.3 is 0 Å². The molecule has 0 aliphatic carbocycles. The van der Waals surface area contributed by atoms with Crippen molar-refractivity contribution in [3.63, 3.8) is 0 Å². The molecule has 2 aromatic carbocycles. The molecule has 0 unspecified atom stereocenters. The number of hydrogen-bond acceptors (Lipinski definition) is 3. The van der Waals surface area contributed by atoms with Crippen LogP contribution < -0.4 is 5.32 Å². The Morgan fingerprint density at radius 1 is 1.26 bits per heavy atom. The molecule has 122 valence electrons. The van der Waals surface area contributed by atoms with E-state index in [9.17, 15) is 4.79 Å². The lowest BCUT2D eigenvalue weighted by Gasteiger charge is -2.30. The molecule has 0 aromatic heterocycles. The van der Waals surface area contributed by atoms with Gasteiger partial charge in [0.15, 0.2) is 0 Å². The maximum Gasteiger partial charge on any atom is 0.220 e. The summed E-state index contributed by atoms with van der Waals surface area (Å²) in [4.78, 5) is 14.3. The van der Waals surface area contributed by atoms with Gasteiger partial charge in [-0.25, -0.2) is 0 Å². The van der Waals surface area contributed by atoms with E-state index in [1.807, 2.05) is 12.1 Å². The van der Waals surface area contributed by atoms with Gasteiger partial charge in [-0.1, -0.05) is 42.5 Å². The minimum Gasteiger partial charge on any atom is -0.374 e. The first-order valence-electron chi connectivity index (χ1n) is 8.25. The normalized spacial score (nSPS) is 18.9. The summed E-state index contributed by atoms with van der Waals surface area (Å²) in [6.07, 6.45) is 1.39. The Kier molecular flexibility index (Phi) is 5.26. The van der Waals surface area contributed by atoms with Crippen LogP contribution in [0.25, 0.3) is 10.8 Å². The molecule has 1 N–H and O–H groups in total. The van der Waals surface area contributed by atoms with Crippen molar-refractivity contribution in [3.05, 3.63) is 48.0 Å². The Bertz CT molecular complexity index is 671. The van der Waals surface area contributed by atoms with Gasteiger partial charge in [-0.05, 0) is 29.8 Å². The Morgan fingerprint density at radius 2 is 2.09 bits per heavy atom. The summed E-state index contributed by atoms with van der Waals surface area (Å²) >= 11 is 0. The SMILES string of the molecule is CN1CCO[C@@H](CNC(=O)CCc2ccc3ccccc3c2)C1. The number of ether oxygens (including phenoxy) is 1. The third kappa shape index (κ3) is 4.53. The number of likely N-dealkylation sites (N-methyl/N-ethyl adjacent to an activating group) is 1. The predicted octanol–water partition coefficient (Wildman–Crippen LogP) is 2.22. The van der Waals surface area contributed by atoms with Crippen molar-refractivity contribution in [3.8, 4) is 0 Å². The molecule has 4 nitrogen and oxygen atoms in total. The molecule has 1 saturated heterocycles. The van der Waals surface area contributed by atoms with Crippen molar-refractivity contribution in [2.75, 3.05) is 33.3 Å². The minimum absolute atomic E-state index is 0.0926. The Morgan fingerprint density at radius 3 is 2.91 bits per heavy atom. The van der Waals surface area contributed by atoms with Gasteiger partial charge in [-0.2, -0.15) is 0 Å². The number of fused-ring (bicyclic) bond motifs is 1. The van der Waals surface area contributed by atoms with Crippen molar-refractivity contribution < 1.29 is 9.53 Å². The van der Waals surface area contributed by atoms with E-state index in [0.717, 1.165) is 26.1 Å². The van der Waals surface area contributed by atoms with Crippen LogP contribution in [0, 0.1) is 0 Å². The van der Waals surface area contributed by atoms with E-state index in [2.05, 4.69) is 47.6 Å². The van der Waals surface area contributed by atoms with Crippen LogP contribution in [0.2, 0.25) is 0 Å². The molecule has 0 spiro atoms. The summed E-state index contributed by atoms with van der Waals surface area (Å²) in [6.45, 7) is 3.19. The molecule has 3 rings (SSSR count). The first-order valence-corrected chi connectivity index (χ1v) is 8.25. The highest BCUT2D eigenvalue weighted by molar-refractivity contribution is 5.83. The number of carbonyl (C=O) groups is 1. The number of rotatable bonds is 5. The van der Waals surface area contributed by atoms with Gasteiger partial charge < -0.3 is 15.0 Å². The van der Waals surface area contributed by atoms with Gasteiger partial charge in [0.1, 0.15) is 0 Å². The van der Waals surface area contributed by atoms with Crippen LogP contribution >= 0.6 is 0 Å². The Labute approximate surface area is 137 Å². The molecular formula is C19H24N2O2. The number of benzene rings is 2. The first kappa shape index (κ1) is 16.0. The van der Waals surface area contributed by atoms with Gasteiger partial charge in [-0.3, -0.25) is 4.79 Å². The van der Waals surface area contributed by atoms with Gasteiger partial charge in [0.05, 0.1) is 12.7 Å². The summed E-state index contributed by atoms with van der Waals surface area (Å²) in [5.41, 5.74) is 1.20. The van der Waals surface area contributed by atoms with Crippen LogP contribution in [0.3, 0.4) is 0 Å². The third-order valence-corrected chi connectivity index (χ3v) is 4.32. The minimum atomic E-state index is 0.0926. The molecule has 1 atom stereocenters. The fraction of sp³-hybridized carbons (Fsp3) is 0.421. The van der Waals surface area contributed by atoms with E-state index in [4.69, 9.17) is 4.74 Å². The lowest BCUT2D eigenvalue weighted by atomic mass is 10.0. The molecule has 23 heavy (non-hydrogen) atoms. The highest BCUT2D eigenvalue weighted by atomic mass is 16.5. The average molecular weight is 312 g/mol. The van der Waals surface area contributed by atoms with Gasteiger partial charge in [-0.15, -0.1) is 0 Å². The number of amides is 1. The standard InChI is InChI=1S/C19H24N2O2/c1-21-10-11-23-18(14-21)13-20-19(22)9-7-15-6-8-16-4-2-3-5-17(16)12-15/h2-6,8,12,18H,7,9-11,13-14H2,1H3,(H,20,22)/t18-/m0/s1. The molecule has 2 aromatic rings. The van der Waals surface area contributed by atoms with E-state index >= 15 is 0 Å². The Hall–Kier alpha value is -1.91. The van der Waals surface area contributed by atoms with Gasteiger partial charge in [0.25, 0.3) is 0 Å². The molecule has 4 heteroatoms. The van der Waals surface area contributed by atoms with Crippen LogP contribution in [0.5, 0.6) is 0 Å². The molecule has 1 aliphatic heterocycles. The molecule has 0 saturated carbocycles. The van der Waals surface area contributed by atoms with E-state index in [0.29, 0.717) is 13.0 Å². The quantitative estimate of drug-likeness (QED) is 0.920. The lowest BCUT2D eigenvalue weighted by molar-refractivity contribution is -0.122. The summed E-state index contributed by atoms with van der Waals surface area (Å²) in [6, 6.07) is 14.7. The zero-order valence-electron chi connectivity index (χ0n) is 13.6. The largest absolute Gasteiger partial charge is 0.374 e. The van der Waals surface area contributed by atoms with Crippen molar-refractivity contribution in [2.24, 2.45) is 0 Å². The van der Waals surface area contributed by atoms with E-state index in [1.165, 1.54) is 16.3 Å². The summed E-state index contributed by atoms with van der Waals surface area (Å²) in [5.74, 6) is 0.0926. The van der Waals surface area contributed by atoms with Crippen molar-refractivity contribution in [2.45, 2.75) is 18.9 Å². The molecule has 1 fully saturated rings. The number of aryl methyl sites for hydroxylation is 1. The van der Waals surface area contributed by atoms with Crippen molar-refractivity contribution >= 4 is 16.7 Å². The topological polar surface area (TPSA) is 41.6 Å². The highest BCUT2D eigenvalue weighted by Crippen LogP contribution is 2.16. The zero-order valence-corrected chi connectivity index (χ0v) is 13.6. The predicted molar refractivity (Wildman–Crippen MR) is 92.5 cm³/mol. The second-order valence-corrected chi connectivity index (χ2v) is 6.24. The van der Waals surface area contributed by atoms with Crippen LogP contribution in [0.4, 0.5) is 0 Å². The number of morpholine rings is 1. The van der Waals surface area contributed by atoms with Crippen LogP contribution in [0.15, 0.2) is 42.5 Å². The molecule has 0 bridgehead atoms. The first-order chi connectivity index (χ1) is 11.2. The third-order valence-electron chi connectivity index (χ3n) is 4.32. The molecule has 1 amide bonds. The molecule has 1 heterocycles. The molecule has 1 aliphatic rings. The van der Waals surface area contributed by atoms with E-state index < -0.39 is 0 Å². The number of hydrogen-bond donors (Lipinski definition) is 1. The second kappa shape index (κ2) is 7.57. The summed E-state index contributed by atoms with van der Waals surface area (Å²) in [5, 5.41) is 5.45. The van der Waals surface area contributed by atoms with E-state index in [1.54, 1.807) is 0 Å². The van der Waals surface area contributed by atoms with E-state index in [-0.39, 0.29) is 12.0 Å². The fourth-order valence-electron chi connectivity index (χ4n) is 2.96. The van der Waals surface area contributed by atoms with Gasteiger partial charge in [0.2, 0.25) is 5.91 Å². The second-order valence-electron chi connectivity index (χ2n) is 6.24. The molecular weight excluding hydrogens is 288 g/mol. The number of nitrogens with one attached hydrogen (secondary N) is 1.